The number of ether oxygens (including phenoxy) is 1. The van der Waals surface area contributed by atoms with E-state index in [1.54, 1.807) is 0 Å². The fraction of sp³-hybridized carbons (Fsp3) is 1.00. The van der Waals surface area contributed by atoms with Crippen molar-refractivity contribution >= 4 is 8.07 Å². The van der Waals surface area contributed by atoms with Crippen LogP contribution in [0, 0.1) is 11.8 Å². The second-order valence-electron chi connectivity index (χ2n) is 7.20. The van der Waals surface area contributed by atoms with Crippen LogP contribution in [0.3, 0.4) is 0 Å². The number of hydrogen-bond acceptors (Lipinski definition) is 1. The first-order valence-electron chi connectivity index (χ1n) is 6.48. The van der Waals surface area contributed by atoms with Gasteiger partial charge in [-0.2, -0.15) is 0 Å². The Bertz CT molecular complexity index is 245. The zero-order valence-electron chi connectivity index (χ0n) is 11.0. The Kier molecular flexibility index (Phi) is 2.79. The highest BCUT2D eigenvalue weighted by Gasteiger charge is 2.55. The summed E-state index contributed by atoms with van der Waals surface area (Å²) in [6, 6.07) is 1.49. The van der Waals surface area contributed by atoms with Gasteiger partial charge in [0.15, 0.2) is 0 Å². The van der Waals surface area contributed by atoms with E-state index in [1.165, 1.54) is 25.3 Å². The molecular weight excluding hydrogens is 200 g/mol. The summed E-state index contributed by atoms with van der Waals surface area (Å²) < 4.78 is 5.79. The van der Waals surface area contributed by atoms with Crippen molar-refractivity contribution in [1.82, 2.24) is 0 Å². The zero-order chi connectivity index (χ0) is 11.3. The molecule has 1 aliphatic heterocycles. The highest BCUT2D eigenvalue weighted by atomic mass is 28.3. The van der Waals surface area contributed by atoms with Gasteiger partial charge in [0.2, 0.25) is 0 Å². The minimum atomic E-state index is -0.872. The van der Waals surface area contributed by atoms with Gasteiger partial charge < -0.3 is 4.74 Å². The van der Waals surface area contributed by atoms with Crippen molar-refractivity contribution in [3.63, 3.8) is 0 Å². The maximum absolute atomic E-state index is 5.79. The van der Waals surface area contributed by atoms with Crippen LogP contribution in [0.15, 0.2) is 0 Å². The summed E-state index contributed by atoms with van der Waals surface area (Å²) in [6.45, 7) is 12.2. The van der Waals surface area contributed by atoms with E-state index < -0.39 is 8.07 Å². The monoisotopic (exact) mass is 226 g/mol. The molecule has 0 amide bonds. The molecule has 1 saturated heterocycles. The number of epoxide rings is 1. The first-order valence-corrected chi connectivity index (χ1v) is 10.2. The average Bonchev–Trinajstić information content (AvgIpc) is 2.71. The van der Waals surface area contributed by atoms with Gasteiger partial charge in [0.25, 0.3) is 0 Å². The largest absolute Gasteiger partial charge is 0.366 e. The lowest BCUT2D eigenvalue weighted by Crippen LogP contribution is -2.30. The van der Waals surface area contributed by atoms with Crippen molar-refractivity contribution in [2.24, 2.45) is 11.8 Å². The van der Waals surface area contributed by atoms with Crippen molar-refractivity contribution in [2.45, 2.75) is 70.5 Å². The summed E-state index contributed by atoms with van der Waals surface area (Å²) >= 11 is 0. The molecule has 0 bridgehead atoms. The van der Waals surface area contributed by atoms with Crippen molar-refractivity contribution in [3.05, 3.63) is 0 Å². The number of rotatable bonds is 3. The summed E-state index contributed by atoms with van der Waals surface area (Å²) in [4.78, 5) is 0. The van der Waals surface area contributed by atoms with Gasteiger partial charge in [-0.15, -0.1) is 0 Å². The number of hydrogen-bond donors (Lipinski definition) is 0. The molecule has 2 rings (SSSR count). The lowest BCUT2D eigenvalue weighted by atomic mass is 9.77. The molecule has 88 valence electrons. The van der Waals surface area contributed by atoms with Crippen molar-refractivity contribution in [2.75, 3.05) is 0 Å². The molecule has 15 heavy (non-hydrogen) atoms. The molecule has 0 spiro atoms. The molecule has 0 aromatic carbocycles. The highest BCUT2D eigenvalue weighted by molar-refractivity contribution is 6.76. The Morgan fingerprint density at radius 2 is 2.07 bits per heavy atom. The molecule has 0 aromatic heterocycles. The van der Waals surface area contributed by atoms with E-state index in [-0.39, 0.29) is 0 Å². The molecular formula is C13H26OSi. The van der Waals surface area contributed by atoms with Crippen LogP contribution in [-0.4, -0.2) is 19.8 Å². The SMILES string of the molecule is CC(C[Si](C)(C)C)C1CCC2(C)OC2C1. The van der Waals surface area contributed by atoms with Gasteiger partial charge in [-0.05, 0) is 38.0 Å². The zero-order valence-corrected chi connectivity index (χ0v) is 12.0. The molecule has 0 aromatic rings. The highest BCUT2D eigenvalue weighted by Crippen LogP contribution is 2.51. The standard InChI is InChI=1S/C13H26OSi/c1-10(9-15(3,4)5)11-6-7-13(2)12(8-11)14-13/h10-12H,6-9H2,1-5H3. The van der Waals surface area contributed by atoms with Crippen molar-refractivity contribution < 1.29 is 4.74 Å². The van der Waals surface area contributed by atoms with Crippen LogP contribution < -0.4 is 0 Å². The Morgan fingerprint density at radius 1 is 1.40 bits per heavy atom. The van der Waals surface area contributed by atoms with E-state index in [9.17, 15) is 0 Å². The van der Waals surface area contributed by atoms with Gasteiger partial charge in [-0.3, -0.25) is 0 Å². The quantitative estimate of drug-likeness (QED) is 0.525. The summed E-state index contributed by atoms with van der Waals surface area (Å²) in [7, 11) is -0.872. The van der Waals surface area contributed by atoms with Gasteiger partial charge in [0, 0.05) is 8.07 Å². The molecule has 1 nitrogen and oxygen atoms in total. The second-order valence-corrected chi connectivity index (χ2v) is 12.7. The van der Waals surface area contributed by atoms with Crippen LogP contribution in [0.1, 0.15) is 33.1 Å². The molecule has 4 atom stereocenters. The molecule has 0 radical (unpaired) electrons. The van der Waals surface area contributed by atoms with Crippen LogP contribution in [-0.2, 0) is 4.74 Å². The van der Waals surface area contributed by atoms with Crippen LogP contribution in [0.25, 0.3) is 0 Å². The maximum atomic E-state index is 5.79. The van der Waals surface area contributed by atoms with Gasteiger partial charge in [0.1, 0.15) is 0 Å². The van der Waals surface area contributed by atoms with Gasteiger partial charge in [-0.25, -0.2) is 0 Å². The molecule has 1 aliphatic carbocycles. The lowest BCUT2D eigenvalue weighted by Gasteiger charge is -2.31. The number of fused-ring (bicyclic) bond motifs is 1. The fourth-order valence-corrected chi connectivity index (χ4v) is 5.59. The summed E-state index contributed by atoms with van der Waals surface area (Å²) in [6.07, 6.45) is 4.65. The van der Waals surface area contributed by atoms with Crippen molar-refractivity contribution in [3.8, 4) is 0 Å². The minimum absolute atomic E-state index is 0.301. The van der Waals surface area contributed by atoms with Crippen LogP contribution >= 0.6 is 0 Å². The minimum Gasteiger partial charge on any atom is -0.366 e. The molecule has 2 heteroatoms. The molecule has 4 unspecified atom stereocenters. The van der Waals surface area contributed by atoms with E-state index in [0.717, 1.165) is 11.8 Å². The third-order valence-corrected chi connectivity index (χ3v) is 6.17. The topological polar surface area (TPSA) is 12.5 Å². The third kappa shape index (κ3) is 2.65. The van der Waals surface area contributed by atoms with E-state index in [4.69, 9.17) is 4.74 Å². The average molecular weight is 226 g/mol. The Labute approximate surface area is 95.6 Å². The predicted molar refractivity (Wildman–Crippen MR) is 67.9 cm³/mol. The third-order valence-electron chi connectivity index (χ3n) is 4.30. The van der Waals surface area contributed by atoms with Crippen LogP contribution in [0.5, 0.6) is 0 Å². The molecule has 2 aliphatic rings. The van der Waals surface area contributed by atoms with E-state index in [0.29, 0.717) is 11.7 Å². The van der Waals surface area contributed by atoms with E-state index in [2.05, 4.69) is 33.5 Å². The van der Waals surface area contributed by atoms with E-state index >= 15 is 0 Å². The van der Waals surface area contributed by atoms with Crippen molar-refractivity contribution in [1.29, 1.82) is 0 Å². The fourth-order valence-electron chi connectivity index (χ4n) is 3.32. The first-order chi connectivity index (χ1) is 6.80. The summed E-state index contributed by atoms with van der Waals surface area (Å²) in [5.41, 5.74) is 0.301. The van der Waals surface area contributed by atoms with Crippen LogP contribution in [0.4, 0.5) is 0 Å². The van der Waals surface area contributed by atoms with Gasteiger partial charge in [0.05, 0.1) is 11.7 Å². The Hall–Kier alpha value is 0.177. The molecule has 2 fully saturated rings. The van der Waals surface area contributed by atoms with E-state index in [1.807, 2.05) is 0 Å². The normalized spacial score (nSPS) is 42.2. The Morgan fingerprint density at radius 3 is 2.60 bits per heavy atom. The van der Waals surface area contributed by atoms with Gasteiger partial charge in [-0.1, -0.05) is 32.6 Å². The molecule has 1 saturated carbocycles. The lowest BCUT2D eigenvalue weighted by molar-refractivity contribution is 0.274. The predicted octanol–water partition coefficient (Wildman–Crippen LogP) is 3.92. The van der Waals surface area contributed by atoms with Gasteiger partial charge >= 0.3 is 0 Å². The second kappa shape index (κ2) is 3.59. The summed E-state index contributed by atoms with van der Waals surface area (Å²) in [5, 5.41) is 0. The summed E-state index contributed by atoms with van der Waals surface area (Å²) in [5.74, 6) is 1.86. The first kappa shape index (κ1) is 11.7. The molecule has 1 heterocycles. The van der Waals surface area contributed by atoms with Crippen LogP contribution in [0.2, 0.25) is 25.7 Å². The smallest absolute Gasteiger partial charge is 0.0920 e. The molecule has 0 N–H and O–H groups in total. The Balaban J connectivity index is 1.85. The maximum Gasteiger partial charge on any atom is 0.0920 e.